The number of methoxy groups -OCH3 is 1. The molecule has 0 radical (unpaired) electrons. The summed E-state index contributed by atoms with van der Waals surface area (Å²) in [5, 5.41) is 1.45. The summed E-state index contributed by atoms with van der Waals surface area (Å²) in [5.74, 6) is 1.25. The number of likely N-dealkylation sites (N-methyl/N-ethyl adjacent to an activating group) is 1. The van der Waals surface area contributed by atoms with Gasteiger partial charge in [-0.15, -0.1) is 0 Å². The standard InChI is InChI=1S/C29H31Cl2N3O2/c1-32-25-13-11-22(31)19-24(25)23(29(32)20-7-9-21(30)10-8-20)12-14-28(35)34-17-15-33(16-18-34)26-5-3-4-6-27(26)36-2/h3-11,13,19,23,29H,12,14-18H2,1-2H3/t23-,29-/m0/s1. The number of carbonyl (C=O) groups excluding carboxylic acids is 1. The number of nitrogens with zero attached hydrogens (tertiary/aromatic N) is 3. The quantitative estimate of drug-likeness (QED) is 0.374. The normalized spacial score (nSPS) is 19.4. The smallest absolute Gasteiger partial charge is 0.222 e. The van der Waals surface area contributed by atoms with Gasteiger partial charge in [0, 0.05) is 61.3 Å². The number of halogens is 2. The van der Waals surface area contributed by atoms with Crippen molar-refractivity contribution < 1.29 is 9.53 Å². The highest BCUT2D eigenvalue weighted by molar-refractivity contribution is 6.31. The first-order chi connectivity index (χ1) is 17.5. The Morgan fingerprint density at radius 2 is 1.61 bits per heavy atom. The Labute approximate surface area is 223 Å². The zero-order chi connectivity index (χ0) is 25.2. The molecular weight excluding hydrogens is 493 g/mol. The number of ether oxygens (including phenoxy) is 1. The molecule has 0 spiro atoms. The largest absolute Gasteiger partial charge is 0.495 e. The topological polar surface area (TPSA) is 36.0 Å². The number of amides is 1. The monoisotopic (exact) mass is 523 g/mol. The van der Waals surface area contributed by atoms with Crippen LogP contribution in [0.5, 0.6) is 5.75 Å². The van der Waals surface area contributed by atoms with Crippen LogP contribution in [0.1, 0.15) is 35.9 Å². The molecule has 0 N–H and O–H groups in total. The predicted molar refractivity (Wildman–Crippen MR) is 148 cm³/mol. The minimum atomic E-state index is 0.130. The molecule has 1 fully saturated rings. The second-order valence-electron chi connectivity index (χ2n) is 9.50. The minimum absolute atomic E-state index is 0.130. The average Bonchev–Trinajstić information content (AvgIpc) is 3.18. The van der Waals surface area contributed by atoms with Crippen LogP contribution in [0.25, 0.3) is 0 Å². The lowest BCUT2D eigenvalue weighted by atomic mass is 9.86. The summed E-state index contributed by atoms with van der Waals surface area (Å²) in [6, 6.07) is 22.3. The molecule has 3 aromatic rings. The van der Waals surface area contributed by atoms with Gasteiger partial charge in [-0.25, -0.2) is 0 Å². The molecule has 5 nitrogen and oxygen atoms in total. The number of fused-ring (bicyclic) bond motifs is 1. The lowest BCUT2D eigenvalue weighted by molar-refractivity contribution is -0.131. The Balaban J connectivity index is 1.28. The molecule has 2 aliphatic heterocycles. The third-order valence-corrected chi connectivity index (χ3v) is 7.99. The second-order valence-corrected chi connectivity index (χ2v) is 10.4. The minimum Gasteiger partial charge on any atom is -0.495 e. The zero-order valence-corrected chi connectivity index (χ0v) is 22.2. The van der Waals surface area contributed by atoms with Gasteiger partial charge in [0.25, 0.3) is 0 Å². The van der Waals surface area contributed by atoms with Crippen molar-refractivity contribution in [3.05, 3.63) is 87.9 Å². The van der Waals surface area contributed by atoms with Gasteiger partial charge in [0.05, 0.1) is 18.8 Å². The maximum atomic E-state index is 13.3. The first-order valence-corrected chi connectivity index (χ1v) is 13.2. The molecule has 1 saturated heterocycles. The van der Waals surface area contributed by atoms with Gasteiger partial charge in [0.15, 0.2) is 0 Å². The lowest BCUT2D eigenvalue weighted by Gasteiger charge is -2.37. The van der Waals surface area contributed by atoms with Crippen LogP contribution in [0.15, 0.2) is 66.7 Å². The summed E-state index contributed by atoms with van der Waals surface area (Å²) < 4.78 is 5.52. The Morgan fingerprint density at radius 1 is 0.917 bits per heavy atom. The van der Waals surface area contributed by atoms with Gasteiger partial charge in [-0.2, -0.15) is 0 Å². The number of hydrogen-bond acceptors (Lipinski definition) is 4. The second kappa shape index (κ2) is 10.6. The van der Waals surface area contributed by atoms with Gasteiger partial charge in [-0.05, 0) is 60.0 Å². The number of rotatable bonds is 6. The molecular formula is C29H31Cl2N3O2. The van der Waals surface area contributed by atoms with E-state index in [2.05, 4.69) is 47.2 Å². The van der Waals surface area contributed by atoms with E-state index in [9.17, 15) is 4.79 Å². The molecule has 1 amide bonds. The Bertz CT molecular complexity index is 1230. The highest BCUT2D eigenvalue weighted by Crippen LogP contribution is 2.51. The van der Waals surface area contributed by atoms with Crippen molar-refractivity contribution in [3.63, 3.8) is 0 Å². The van der Waals surface area contributed by atoms with Crippen LogP contribution >= 0.6 is 23.2 Å². The van der Waals surface area contributed by atoms with Crippen molar-refractivity contribution in [2.45, 2.75) is 24.8 Å². The van der Waals surface area contributed by atoms with Gasteiger partial charge in [-0.1, -0.05) is 47.5 Å². The molecule has 0 aromatic heterocycles. The van der Waals surface area contributed by atoms with Crippen molar-refractivity contribution in [1.82, 2.24) is 4.90 Å². The van der Waals surface area contributed by atoms with Crippen LogP contribution in [0, 0.1) is 0 Å². The number of carbonyl (C=O) groups is 1. The van der Waals surface area contributed by atoms with E-state index in [4.69, 9.17) is 27.9 Å². The summed E-state index contributed by atoms with van der Waals surface area (Å²) in [4.78, 5) is 19.9. The molecule has 0 unspecified atom stereocenters. The van der Waals surface area contributed by atoms with E-state index < -0.39 is 0 Å². The van der Waals surface area contributed by atoms with Crippen molar-refractivity contribution in [2.75, 3.05) is 50.1 Å². The fourth-order valence-corrected chi connectivity index (χ4v) is 5.99. The Hall–Kier alpha value is -2.89. The van der Waals surface area contributed by atoms with E-state index in [1.54, 1.807) is 7.11 Å². The molecule has 5 rings (SSSR count). The maximum absolute atomic E-state index is 13.3. The molecule has 36 heavy (non-hydrogen) atoms. The molecule has 2 atom stereocenters. The van der Waals surface area contributed by atoms with E-state index in [1.165, 1.54) is 16.8 Å². The molecule has 188 valence electrons. The van der Waals surface area contributed by atoms with Gasteiger partial charge >= 0.3 is 0 Å². The van der Waals surface area contributed by atoms with E-state index >= 15 is 0 Å². The van der Waals surface area contributed by atoms with Gasteiger partial charge in [0.1, 0.15) is 5.75 Å². The van der Waals surface area contributed by atoms with E-state index in [0.717, 1.165) is 41.0 Å². The summed E-state index contributed by atoms with van der Waals surface area (Å²) in [6.07, 6.45) is 1.26. The number of piperazine rings is 1. The van der Waals surface area contributed by atoms with Crippen molar-refractivity contribution >= 4 is 40.5 Å². The first-order valence-electron chi connectivity index (χ1n) is 12.4. The Kier molecular flexibility index (Phi) is 7.31. The van der Waals surface area contributed by atoms with Crippen molar-refractivity contribution in [3.8, 4) is 5.75 Å². The predicted octanol–water partition coefficient (Wildman–Crippen LogP) is 6.41. The van der Waals surface area contributed by atoms with Crippen LogP contribution in [0.3, 0.4) is 0 Å². The van der Waals surface area contributed by atoms with Crippen molar-refractivity contribution in [2.24, 2.45) is 0 Å². The van der Waals surface area contributed by atoms with Crippen LogP contribution in [0.2, 0.25) is 10.0 Å². The van der Waals surface area contributed by atoms with Crippen LogP contribution in [-0.2, 0) is 4.79 Å². The Morgan fingerprint density at radius 3 is 2.33 bits per heavy atom. The van der Waals surface area contributed by atoms with Crippen LogP contribution < -0.4 is 14.5 Å². The number of hydrogen-bond donors (Lipinski definition) is 0. The molecule has 2 heterocycles. The van der Waals surface area contributed by atoms with Crippen LogP contribution in [-0.4, -0.2) is 51.1 Å². The third kappa shape index (κ3) is 4.87. The average molecular weight is 524 g/mol. The fraction of sp³-hybridized carbons (Fsp3) is 0.345. The molecule has 7 heteroatoms. The van der Waals surface area contributed by atoms with E-state index in [-0.39, 0.29) is 17.9 Å². The third-order valence-electron chi connectivity index (χ3n) is 7.51. The number of benzene rings is 3. The maximum Gasteiger partial charge on any atom is 0.222 e. The molecule has 3 aromatic carbocycles. The van der Waals surface area contributed by atoms with Gasteiger partial charge in [-0.3, -0.25) is 4.79 Å². The summed E-state index contributed by atoms with van der Waals surface area (Å²) in [7, 11) is 3.81. The van der Waals surface area contributed by atoms with Crippen LogP contribution in [0.4, 0.5) is 11.4 Å². The SMILES string of the molecule is COc1ccccc1N1CCN(C(=O)CC[C@H]2c3cc(Cl)ccc3N(C)[C@H]2c2ccc(Cl)cc2)CC1. The fourth-order valence-electron chi connectivity index (χ4n) is 5.69. The molecule has 0 saturated carbocycles. The summed E-state index contributed by atoms with van der Waals surface area (Å²) in [6.45, 7) is 3.02. The van der Waals surface area contributed by atoms with Gasteiger partial charge in [0.2, 0.25) is 5.91 Å². The highest BCUT2D eigenvalue weighted by Gasteiger charge is 2.38. The summed E-state index contributed by atoms with van der Waals surface area (Å²) >= 11 is 12.6. The molecule has 0 aliphatic carbocycles. The highest BCUT2D eigenvalue weighted by atomic mass is 35.5. The molecule has 2 aliphatic rings. The zero-order valence-electron chi connectivity index (χ0n) is 20.7. The first kappa shape index (κ1) is 24.8. The molecule has 0 bridgehead atoms. The van der Waals surface area contributed by atoms with Gasteiger partial charge < -0.3 is 19.4 Å². The number of anilines is 2. The van der Waals surface area contributed by atoms with E-state index in [1.807, 2.05) is 41.3 Å². The van der Waals surface area contributed by atoms with E-state index in [0.29, 0.717) is 19.5 Å². The number of para-hydroxylation sites is 2. The van der Waals surface area contributed by atoms with Crippen molar-refractivity contribution in [1.29, 1.82) is 0 Å². The lowest BCUT2D eigenvalue weighted by Crippen LogP contribution is -2.48. The summed E-state index contributed by atoms with van der Waals surface area (Å²) in [5.41, 5.74) is 4.65.